The fourth-order valence-corrected chi connectivity index (χ4v) is 1.73. The lowest BCUT2D eigenvalue weighted by atomic mass is 10.1. The van der Waals surface area contributed by atoms with Crippen LogP contribution in [0.15, 0.2) is 29.4 Å². The van der Waals surface area contributed by atoms with E-state index in [9.17, 15) is 4.79 Å². The van der Waals surface area contributed by atoms with Crippen LogP contribution in [-0.4, -0.2) is 48.0 Å². The van der Waals surface area contributed by atoms with Crippen LogP contribution in [0.2, 0.25) is 0 Å². The largest absolute Gasteiger partial charge is 0.409 e. The Kier molecular flexibility index (Phi) is 6.68. The maximum absolute atomic E-state index is 11.8. The van der Waals surface area contributed by atoms with Gasteiger partial charge >= 0.3 is 0 Å². The zero-order chi connectivity index (χ0) is 15.8. The van der Waals surface area contributed by atoms with E-state index in [1.165, 1.54) is 0 Å². The minimum absolute atomic E-state index is 0.0105. The number of hydrogen-bond donors (Lipinski definition) is 3. The summed E-state index contributed by atoms with van der Waals surface area (Å²) in [4.78, 5) is 14.0. The number of rotatable bonds is 7. The number of amidine groups is 1. The number of likely N-dealkylation sites (N-methyl/N-ethyl adjacent to an activating group) is 1. The summed E-state index contributed by atoms with van der Waals surface area (Å²) < 4.78 is 0. The number of nitrogens with two attached hydrogens (primary N) is 1. The monoisotopic (exact) mass is 292 g/mol. The van der Waals surface area contributed by atoms with E-state index in [0.29, 0.717) is 24.6 Å². The highest BCUT2D eigenvalue weighted by Gasteiger charge is 2.06. The van der Waals surface area contributed by atoms with E-state index in [2.05, 4.69) is 29.2 Å². The van der Waals surface area contributed by atoms with Gasteiger partial charge in [-0.3, -0.25) is 4.79 Å². The molecule has 1 amide bonds. The molecule has 0 spiro atoms. The number of oxime groups is 1. The van der Waals surface area contributed by atoms with E-state index >= 15 is 0 Å². The highest BCUT2D eigenvalue weighted by Crippen LogP contribution is 2.05. The minimum atomic E-state index is -0.0105. The van der Waals surface area contributed by atoms with Crippen molar-refractivity contribution in [2.24, 2.45) is 10.9 Å². The van der Waals surface area contributed by atoms with Gasteiger partial charge < -0.3 is 21.2 Å². The molecule has 0 aliphatic carbocycles. The molecule has 0 aromatic heterocycles. The molecule has 1 aromatic carbocycles. The van der Waals surface area contributed by atoms with Gasteiger partial charge in [0.15, 0.2) is 5.84 Å². The highest BCUT2D eigenvalue weighted by atomic mass is 16.4. The standard InChI is InChI=1S/C15H24N4O2/c1-11(2)19(3)9-8-17-14(20)10-12-4-6-13(7-5-12)15(16)18-21/h4-7,11,21H,8-10H2,1-3H3,(H2,16,18)(H,17,20). The Bertz CT molecular complexity index is 483. The van der Waals surface area contributed by atoms with E-state index in [4.69, 9.17) is 10.9 Å². The molecule has 0 aliphatic rings. The van der Waals surface area contributed by atoms with Crippen LogP contribution in [0.5, 0.6) is 0 Å². The Morgan fingerprint density at radius 2 is 2.00 bits per heavy atom. The summed E-state index contributed by atoms with van der Waals surface area (Å²) in [5.74, 6) is 0.0476. The topological polar surface area (TPSA) is 91.0 Å². The predicted molar refractivity (Wildman–Crippen MR) is 83.4 cm³/mol. The average Bonchev–Trinajstić information content (AvgIpc) is 2.46. The van der Waals surface area contributed by atoms with Crippen molar-refractivity contribution in [3.63, 3.8) is 0 Å². The number of benzene rings is 1. The van der Waals surface area contributed by atoms with E-state index < -0.39 is 0 Å². The molecule has 0 heterocycles. The van der Waals surface area contributed by atoms with E-state index in [0.717, 1.165) is 12.1 Å². The Balaban J connectivity index is 2.41. The molecule has 0 fully saturated rings. The van der Waals surface area contributed by atoms with Gasteiger partial charge in [0.2, 0.25) is 5.91 Å². The smallest absolute Gasteiger partial charge is 0.224 e. The van der Waals surface area contributed by atoms with Crippen LogP contribution in [0.1, 0.15) is 25.0 Å². The van der Waals surface area contributed by atoms with Crippen molar-refractivity contribution in [1.82, 2.24) is 10.2 Å². The normalized spacial score (nSPS) is 12.0. The summed E-state index contributed by atoms with van der Waals surface area (Å²) in [6.45, 7) is 5.69. The maximum atomic E-state index is 11.8. The van der Waals surface area contributed by atoms with Crippen LogP contribution in [0, 0.1) is 0 Å². The number of carbonyl (C=O) groups is 1. The molecule has 0 atom stereocenters. The second-order valence-electron chi connectivity index (χ2n) is 5.28. The van der Waals surface area contributed by atoms with Crippen molar-refractivity contribution >= 4 is 11.7 Å². The van der Waals surface area contributed by atoms with Gasteiger partial charge in [0.1, 0.15) is 0 Å². The van der Waals surface area contributed by atoms with Gasteiger partial charge in [0.05, 0.1) is 6.42 Å². The third-order valence-corrected chi connectivity index (χ3v) is 3.39. The minimum Gasteiger partial charge on any atom is -0.409 e. The van der Waals surface area contributed by atoms with Crippen molar-refractivity contribution in [3.05, 3.63) is 35.4 Å². The van der Waals surface area contributed by atoms with E-state index in [1.54, 1.807) is 24.3 Å². The van der Waals surface area contributed by atoms with Gasteiger partial charge in [-0.25, -0.2) is 0 Å². The fourth-order valence-electron chi connectivity index (χ4n) is 1.73. The molecule has 4 N–H and O–H groups in total. The molecule has 21 heavy (non-hydrogen) atoms. The molecule has 0 bridgehead atoms. The van der Waals surface area contributed by atoms with Gasteiger partial charge in [0.25, 0.3) is 0 Å². The van der Waals surface area contributed by atoms with E-state index in [-0.39, 0.29) is 11.7 Å². The summed E-state index contributed by atoms with van der Waals surface area (Å²) in [5, 5.41) is 14.4. The maximum Gasteiger partial charge on any atom is 0.224 e. The summed E-state index contributed by atoms with van der Waals surface area (Å²) in [6, 6.07) is 7.52. The molecule has 0 saturated carbocycles. The van der Waals surface area contributed by atoms with Crippen molar-refractivity contribution in [2.45, 2.75) is 26.3 Å². The van der Waals surface area contributed by atoms with Crippen molar-refractivity contribution in [3.8, 4) is 0 Å². The number of nitrogens with one attached hydrogen (secondary N) is 1. The lowest BCUT2D eigenvalue weighted by molar-refractivity contribution is -0.120. The van der Waals surface area contributed by atoms with Crippen LogP contribution < -0.4 is 11.1 Å². The zero-order valence-electron chi connectivity index (χ0n) is 12.8. The first kappa shape index (κ1) is 17.0. The van der Waals surface area contributed by atoms with Crippen LogP contribution in [-0.2, 0) is 11.2 Å². The third-order valence-electron chi connectivity index (χ3n) is 3.39. The summed E-state index contributed by atoms with van der Waals surface area (Å²) >= 11 is 0. The van der Waals surface area contributed by atoms with Gasteiger partial charge in [-0.2, -0.15) is 0 Å². The fraction of sp³-hybridized carbons (Fsp3) is 0.467. The van der Waals surface area contributed by atoms with Gasteiger partial charge in [0, 0.05) is 24.7 Å². The number of carbonyl (C=O) groups excluding carboxylic acids is 1. The molecule has 0 radical (unpaired) electrons. The van der Waals surface area contributed by atoms with Crippen molar-refractivity contribution < 1.29 is 10.0 Å². The molecule has 6 heteroatoms. The summed E-state index contributed by atoms with van der Waals surface area (Å²) in [5.41, 5.74) is 6.99. The first-order valence-electron chi connectivity index (χ1n) is 6.97. The second-order valence-corrected chi connectivity index (χ2v) is 5.28. The Morgan fingerprint density at radius 1 is 1.38 bits per heavy atom. The molecule has 0 saturated heterocycles. The molecular weight excluding hydrogens is 268 g/mol. The molecule has 6 nitrogen and oxygen atoms in total. The summed E-state index contributed by atoms with van der Waals surface area (Å²) in [7, 11) is 2.03. The summed E-state index contributed by atoms with van der Waals surface area (Å²) in [6.07, 6.45) is 0.321. The Labute approximate surface area is 125 Å². The van der Waals surface area contributed by atoms with Crippen LogP contribution in [0.25, 0.3) is 0 Å². The first-order valence-corrected chi connectivity index (χ1v) is 6.97. The predicted octanol–water partition coefficient (Wildman–Crippen LogP) is 0.780. The second kappa shape index (κ2) is 8.26. The highest BCUT2D eigenvalue weighted by molar-refractivity contribution is 5.97. The molecule has 0 unspecified atom stereocenters. The Hall–Kier alpha value is -2.08. The quantitative estimate of drug-likeness (QED) is 0.300. The number of hydrogen-bond acceptors (Lipinski definition) is 4. The average molecular weight is 292 g/mol. The number of nitrogens with zero attached hydrogens (tertiary/aromatic N) is 2. The zero-order valence-corrected chi connectivity index (χ0v) is 12.8. The SMILES string of the molecule is CC(C)N(C)CCNC(=O)Cc1ccc(C(N)=NO)cc1. The van der Waals surface area contributed by atoms with Crippen LogP contribution in [0.3, 0.4) is 0 Å². The lowest BCUT2D eigenvalue weighted by Gasteiger charge is -2.20. The molecule has 1 rings (SSSR count). The Morgan fingerprint density at radius 3 is 2.52 bits per heavy atom. The van der Waals surface area contributed by atoms with Gasteiger partial charge in [-0.05, 0) is 26.5 Å². The van der Waals surface area contributed by atoms with Crippen LogP contribution >= 0.6 is 0 Å². The van der Waals surface area contributed by atoms with E-state index in [1.807, 2.05) is 7.05 Å². The first-order chi connectivity index (χ1) is 9.93. The molecule has 1 aromatic rings. The number of amides is 1. The van der Waals surface area contributed by atoms with Gasteiger partial charge in [-0.15, -0.1) is 0 Å². The van der Waals surface area contributed by atoms with Gasteiger partial charge in [-0.1, -0.05) is 29.4 Å². The lowest BCUT2D eigenvalue weighted by Crippen LogP contribution is -2.36. The van der Waals surface area contributed by atoms with Crippen molar-refractivity contribution in [1.29, 1.82) is 0 Å². The van der Waals surface area contributed by atoms with Crippen LogP contribution in [0.4, 0.5) is 0 Å². The molecule has 116 valence electrons. The molecular formula is C15H24N4O2. The van der Waals surface area contributed by atoms with Crippen molar-refractivity contribution in [2.75, 3.05) is 20.1 Å². The molecule has 0 aliphatic heterocycles. The third kappa shape index (κ3) is 5.83.